The van der Waals surface area contributed by atoms with Crippen LogP contribution in [0, 0.1) is 0 Å². The van der Waals surface area contributed by atoms with Crippen molar-refractivity contribution in [3.05, 3.63) is 0 Å². The van der Waals surface area contributed by atoms with Crippen molar-refractivity contribution < 1.29 is 193 Å². The van der Waals surface area contributed by atoms with E-state index in [4.69, 9.17) is 56.7 Å². The van der Waals surface area contributed by atoms with Gasteiger partial charge in [0.2, 0.25) is 35.4 Å². The third-order valence-electron chi connectivity index (χ3n) is 16.9. The van der Waals surface area contributed by atoms with Crippen LogP contribution in [0.1, 0.15) is 129 Å². The standard InChI is InChI=1S/C69H118N8O40P2S/c1-49(117-118(102,103)104)16-25-107-29-30-108-31-32-109-33-34-110-35-36-111-37-38-116-119(105,106)115-24-10-2-3-11-39-120-53-40-58(82)77(65(53)95)23-15-57(81)73-69(114-28-19-56(80)72-22-9-6-14-52(68(100)101)76(45-63(91)92)46-64(93)94,47-112-26-17-54(78)70-20-7-4-12-50(66(96)97)74(41-59(83)84)42-60(85)86)48-113-27-18-55(79)71-21-8-5-13-51(67(98)99)75(43-61(87)88)44-62(89)90/h49-53H,2-48H2,1H3,(H,70,78)(H,71,79)(H,72,80)(H,73,81)(H,83,84)(H,85,86)(H,87,88)(H,89,90)(H,91,92)(H,93,94)(H,96,97)(H,98,99)(H,100,101)(H,105,106)(H2,102,103,104). The maximum Gasteiger partial charge on any atom is 0.472 e. The fraction of sp³-hybridized carbons (Fsp3) is 0.783. The Morgan fingerprint density at radius 2 is 0.792 bits per heavy atom. The molecule has 0 radical (unpaired) electrons. The highest BCUT2D eigenvalue weighted by Gasteiger charge is 2.41. The van der Waals surface area contributed by atoms with Crippen molar-refractivity contribution in [1.29, 1.82) is 0 Å². The van der Waals surface area contributed by atoms with Gasteiger partial charge in [0, 0.05) is 58.5 Å². The summed E-state index contributed by atoms with van der Waals surface area (Å²) >= 11 is 1.21. The summed E-state index contributed by atoms with van der Waals surface area (Å²) < 4.78 is 82.6. The van der Waals surface area contributed by atoms with Crippen LogP contribution < -0.4 is 21.3 Å². The Bertz CT molecular complexity index is 3120. The Kier molecular flexibility index (Phi) is 59.1. The van der Waals surface area contributed by atoms with Crippen LogP contribution >= 0.6 is 27.4 Å². The van der Waals surface area contributed by atoms with Crippen LogP contribution in [-0.4, -0.2) is 388 Å². The smallest absolute Gasteiger partial charge is 0.472 e. The number of nitrogens with one attached hydrogen (secondary N) is 4. The highest BCUT2D eigenvalue weighted by atomic mass is 32.2. The van der Waals surface area contributed by atoms with Gasteiger partial charge in [-0.05, 0) is 89.7 Å². The lowest BCUT2D eigenvalue weighted by Crippen LogP contribution is -2.58. The van der Waals surface area contributed by atoms with Crippen LogP contribution in [0.15, 0.2) is 0 Å². The average molecular weight is 1790 g/mol. The van der Waals surface area contributed by atoms with Gasteiger partial charge in [0.05, 0.1) is 163 Å². The topological polar surface area (TPSA) is 696 Å². The van der Waals surface area contributed by atoms with Crippen molar-refractivity contribution in [3.63, 3.8) is 0 Å². The van der Waals surface area contributed by atoms with Crippen molar-refractivity contribution in [2.45, 2.75) is 164 Å². The Morgan fingerprint density at radius 1 is 0.433 bits per heavy atom. The van der Waals surface area contributed by atoms with Gasteiger partial charge in [-0.3, -0.25) is 105 Å². The minimum atomic E-state index is -4.55. The van der Waals surface area contributed by atoms with Gasteiger partial charge >= 0.3 is 69.4 Å². The molecule has 1 rings (SSSR count). The van der Waals surface area contributed by atoms with Gasteiger partial charge in [-0.25, -0.2) is 9.13 Å². The zero-order valence-corrected chi connectivity index (χ0v) is 69.6. The van der Waals surface area contributed by atoms with Crippen molar-refractivity contribution in [3.8, 4) is 0 Å². The number of nitrogens with zero attached hydrogens (tertiary/aromatic N) is 4. The van der Waals surface area contributed by atoms with Crippen molar-refractivity contribution in [1.82, 2.24) is 40.9 Å². The summed E-state index contributed by atoms with van der Waals surface area (Å²) in [6.07, 6.45) is -0.125. The lowest BCUT2D eigenvalue weighted by Gasteiger charge is -2.34. The molecule has 1 heterocycles. The zero-order chi connectivity index (χ0) is 89.9. The molecule has 6 amide bonds. The second-order valence-electron chi connectivity index (χ2n) is 26.9. The third-order valence-corrected chi connectivity index (χ3v) is 19.9. The minimum absolute atomic E-state index is 0.0309. The number of carboxylic acid groups (broad SMARTS) is 9. The number of phosphoric acid groups is 2. The van der Waals surface area contributed by atoms with Crippen LogP contribution in [-0.2, 0) is 133 Å². The molecule has 0 aromatic rings. The lowest BCUT2D eigenvalue weighted by molar-refractivity contribution is -0.168. The van der Waals surface area contributed by atoms with Gasteiger partial charge in [0.25, 0.3) is 0 Å². The molecular formula is C69H118N8O40P2S. The highest BCUT2D eigenvalue weighted by Crippen LogP contribution is 2.43. The number of hydrogen-bond acceptors (Lipinski definition) is 32. The Morgan fingerprint density at radius 3 is 1.17 bits per heavy atom. The molecule has 6 unspecified atom stereocenters. The van der Waals surface area contributed by atoms with E-state index in [0.29, 0.717) is 57.7 Å². The second-order valence-corrected chi connectivity index (χ2v) is 30.9. The van der Waals surface area contributed by atoms with E-state index in [1.807, 2.05) is 0 Å². The summed E-state index contributed by atoms with van der Waals surface area (Å²) in [4.78, 5) is 216. The van der Waals surface area contributed by atoms with Gasteiger partial charge in [-0.15, -0.1) is 11.8 Å². The molecule has 0 spiro atoms. The lowest BCUT2D eigenvalue weighted by atomic mass is 10.1. The number of carbonyl (C=O) groups excluding carboxylic acids is 6. The number of thioether (sulfide) groups is 1. The Balaban J connectivity index is 3.08. The number of ether oxygens (including phenoxy) is 8. The van der Waals surface area contributed by atoms with Gasteiger partial charge in [0.15, 0.2) is 5.72 Å². The molecule has 6 atom stereocenters. The summed E-state index contributed by atoms with van der Waals surface area (Å²) in [5.74, 6) is -16.8. The molecule has 51 heteroatoms. The van der Waals surface area contributed by atoms with Crippen LogP contribution in [0.3, 0.4) is 0 Å². The number of likely N-dealkylation sites (tertiary alicyclic amines) is 1. The number of hydrogen-bond donors (Lipinski definition) is 16. The minimum Gasteiger partial charge on any atom is -0.480 e. The number of carbonyl (C=O) groups is 15. The molecule has 1 saturated heterocycles. The Hall–Kier alpha value is -7.62. The summed E-state index contributed by atoms with van der Waals surface area (Å²) in [6.45, 7) is -5.11. The molecule has 0 aromatic carbocycles. The third kappa shape index (κ3) is 56.9. The number of imide groups is 1. The summed E-state index contributed by atoms with van der Waals surface area (Å²) in [7, 11) is -8.96. The molecule has 120 heavy (non-hydrogen) atoms. The molecular weight excluding hydrogens is 1670 g/mol. The second kappa shape index (κ2) is 64.2. The van der Waals surface area contributed by atoms with Gasteiger partial charge in [0.1, 0.15) is 18.1 Å². The van der Waals surface area contributed by atoms with E-state index in [2.05, 4.69) is 25.8 Å². The highest BCUT2D eigenvalue weighted by molar-refractivity contribution is 8.00. The zero-order valence-electron chi connectivity index (χ0n) is 67.0. The molecule has 0 aliphatic carbocycles. The quantitative estimate of drug-likeness (QED) is 0.0144. The largest absolute Gasteiger partial charge is 0.480 e. The van der Waals surface area contributed by atoms with Gasteiger partial charge < -0.3 is 120 Å². The average Bonchev–Trinajstić information content (AvgIpc) is 1.75. The molecule has 16 N–H and O–H groups in total. The van der Waals surface area contributed by atoms with E-state index in [1.54, 1.807) is 0 Å². The molecule has 0 saturated carbocycles. The molecule has 1 fully saturated rings. The van der Waals surface area contributed by atoms with Crippen LogP contribution in [0.5, 0.6) is 0 Å². The van der Waals surface area contributed by atoms with E-state index in [1.165, 1.54) is 18.7 Å². The number of unbranched alkanes of at least 4 members (excludes halogenated alkanes) is 6. The molecule has 1 aliphatic heterocycles. The number of phosphoric ester groups is 2. The fourth-order valence-corrected chi connectivity index (χ4v) is 13.7. The van der Waals surface area contributed by atoms with Crippen molar-refractivity contribution in [2.75, 3.05) is 184 Å². The Labute approximate surface area is 695 Å². The SMILES string of the molecule is CC(CCOCCOCCOCCOCCOCCOP(=O)(O)OCCCCCCSC1CC(=O)N(CCC(=O)NC(COCCC(=O)NCCCCC(C(=O)O)N(CC(=O)O)CC(=O)O)(COCCC(=O)NCCCCC(C(=O)O)N(CC(=O)O)CC(=O)O)OCCC(=O)NCCCCC(C(=O)O)N(CC(=O)O)CC(=O)O)C1=O)OP(=O)(O)O. The van der Waals surface area contributed by atoms with Gasteiger partial charge in [-0.1, -0.05) is 12.8 Å². The molecule has 1 aliphatic rings. The van der Waals surface area contributed by atoms with E-state index in [-0.39, 0.29) is 156 Å². The summed E-state index contributed by atoms with van der Waals surface area (Å²) in [5.41, 5.74) is -2.12. The number of rotatable bonds is 81. The first-order valence-corrected chi connectivity index (χ1v) is 42.6. The molecule has 0 aromatic heterocycles. The van der Waals surface area contributed by atoms with Gasteiger partial charge in [-0.2, -0.15) is 0 Å². The predicted octanol–water partition coefficient (Wildman–Crippen LogP) is -1.43. The number of aliphatic carboxylic acids is 9. The predicted molar refractivity (Wildman–Crippen MR) is 411 cm³/mol. The van der Waals surface area contributed by atoms with E-state index in [0.717, 1.165) is 19.6 Å². The van der Waals surface area contributed by atoms with Crippen LogP contribution in [0.2, 0.25) is 0 Å². The van der Waals surface area contributed by atoms with Crippen LogP contribution in [0.25, 0.3) is 0 Å². The molecule has 48 nitrogen and oxygen atoms in total. The fourth-order valence-electron chi connectivity index (χ4n) is 11.2. The monoisotopic (exact) mass is 1790 g/mol. The summed E-state index contributed by atoms with van der Waals surface area (Å²) in [5, 5.41) is 94.4. The first-order valence-electron chi connectivity index (χ1n) is 38.6. The van der Waals surface area contributed by atoms with Crippen molar-refractivity contribution in [2.24, 2.45) is 0 Å². The molecule has 690 valence electrons. The summed E-state index contributed by atoms with van der Waals surface area (Å²) in [6, 6.07) is -4.49. The molecule has 0 bridgehead atoms. The maximum atomic E-state index is 14.1. The van der Waals surface area contributed by atoms with E-state index < -0.39 is 232 Å². The first-order chi connectivity index (χ1) is 56.7. The van der Waals surface area contributed by atoms with E-state index >= 15 is 0 Å². The van der Waals surface area contributed by atoms with E-state index in [9.17, 15) is 132 Å². The van der Waals surface area contributed by atoms with Crippen molar-refractivity contribution >= 4 is 117 Å². The number of carboxylic acids is 9. The van der Waals surface area contributed by atoms with Crippen LogP contribution in [0.4, 0.5) is 0 Å². The maximum absolute atomic E-state index is 14.1. The number of amides is 6. The first kappa shape index (κ1) is 110. The normalized spacial score (nSPS) is 15.0.